The van der Waals surface area contributed by atoms with Crippen molar-refractivity contribution in [1.29, 1.82) is 0 Å². The number of amides is 1. The molecule has 3 N–H and O–H groups in total. The van der Waals surface area contributed by atoms with Crippen molar-refractivity contribution in [2.75, 3.05) is 19.5 Å². The number of carbonyl (C=O) groups excluding carboxylic acids is 1. The van der Waals surface area contributed by atoms with E-state index in [1.165, 1.54) is 27.2 Å². The molecule has 0 aromatic heterocycles. The number of hydrogen-bond donors (Lipinski definition) is 2. The Morgan fingerprint density at radius 3 is 2.41 bits per heavy atom. The minimum Gasteiger partial charge on any atom is -0.494 e. The molecule has 0 radical (unpaired) electrons. The number of nitrogens with one attached hydrogen (secondary N) is 1. The summed E-state index contributed by atoms with van der Waals surface area (Å²) < 4.78 is 23.3. The largest absolute Gasteiger partial charge is 0.494 e. The molecule has 1 amide bonds. The molecular weight excluding hydrogens is 227 g/mol. The smallest absolute Gasteiger partial charge is 0.241 e. The van der Waals surface area contributed by atoms with Crippen molar-refractivity contribution in [3.63, 3.8) is 0 Å². The standard InChI is InChI=1S/C11H15FN2O3/c1-6(13)11(15)14-8-4-7(12)9(16-2)5-10(8)17-3/h4-6H,13H2,1-3H3,(H,14,15). The minimum atomic E-state index is -0.690. The molecule has 5 nitrogen and oxygen atoms in total. The van der Waals surface area contributed by atoms with Gasteiger partial charge in [0.05, 0.1) is 25.9 Å². The maximum atomic E-state index is 13.5. The molecular formula is C11H15FN2O3. The average Bonchev–Trinajstić information content (AvgIpc) is 2.29. The Kier molecular flexibility index (Phi) is 4.28. The number of halogens is 1. The zero-order chi connectivity index (χ0) is 13.0. The Labute approximate surface area is 98.7 Å². The van der Waals surface area contributed by atoms with Crippen LogP contribution in [0.2, 0.25) is 0 Å². The van der Waals surface area contributed by atoms with Gasteiger partial charge in [0, 0.05) is 12.1 Å². The summed E-state index contributed by atoms with van der Waals surface area (Å²) in [5, 5.41) is 2.47. The van der Waals surface area contributed by atoms with E-state index in [0.717, 1.165) is 6.07 Å². The van der Waals surface area contributed by atoms with Crippen molar-refractivity contribution < 1.29 is 18.7 Å². The highest BCUT2D eigenvalue weighted by molar-refractivity contribution is 5.95. The molecule has 1 rings (SSSR count). The van der Waals surface area contributed by atoms with Gasteiger partial charge in [-0.2, -0.15) is 0 Å². The normalized spacial score (nSPS) is 11.8. The number of ether oxygens (including phenoxy) is 2. The second-order valence-corrected chi connectivity index (χ2v) is 3.46. The van der Waals surface area contributed by atoms with Crippen LogP contribution in [-0.2, 0) is 4.79 Å². The third kappa shape index (κ3) is 3.07. The zero-order valence-electron chi connectivity index (χ0n) is 9.91. The molecule has 0 aliphatic heterocycles. The molecule has 0 heterocycles. The summed E-state index contributed by atoms with van der Waals surface area (Å²) in [4.78, 5) is 11.4. The summed E-state index contributed by atoms with van der Waals surface area (Å²) >= 11 is 0. The minimum absolute atomic E-state index is 0.0423. The monoisotopic (exact) mass is 242 g/mol. The first-order chi connectivity index (χ1) is 7.99. The number of methoxy groups -OCH3 is 2. The molecule has 0 spiro atoms. The van der Waals surface area contributed by atoms with E-state index in [1.807, 2.05) is 0 Å². The van der Waals surface area contributed by atoms with Crippen molar-refractivity contribution in [2.24, 2.45) is 5.73 Å². The van der Waals surface area contributed by atoms with Crippen LogP contribution >= 0.6 is 0 Å². The lowest BCUT2D eigenvalue weighted by Crippen LogP contribution is -2.32. The van der Waals surface area contributed by atoms with E-state index in [0.29, 0.717) is 5.75 Å². The van der Waals surface area contributed by atoms with Crippen LogP contribution < -0.4 is 20.5 Å². The number of nitrogens with two attached hydrogens (primary N) is 1. The highest BCUT2D eigenvalue weighted by atomic mass is 19.1. The first-order valence-corrected chi connectivity index (χ1v) is 4.97. The Morgan fingerprint density at radius 1 is 1.35 bits per heavy atom. The molecule has 0 saturated carbocycles. The second kappa shape index (κ2) is 5.49. The quantitative estimate of drug-likeness (QED) is 0.830. The first-order valence-electron chi connectivity index (χ1n) is 4.97. The molecule has 0 fully saturated rings. The van der Waals surface area contributed by atoms with Crippen molar-refractivity contribution in [3.05, 3.63) is 17.9 Å². The highest BCUT2D eigenvalue weighted by Crippen LogP contribution is 2.31. The predicted molar refractivity (Wildman–Crippen MR) is 61.8 cm³/mol. The van der Waals surface area contributed by atoms with Crippen LogP contribution in [0.3, 0.4) is 0 Å². The van der Waals surface area contributed by atoms with Gasteiger partial charge in [0.2, 0.25) is 5.91 Å². The molecule has 1 aromatic rings. The second-order valence-electron chi connectivity index (χ2n) is 3.46. The van der Waals surface area contributed by atoms with Gasteiger partial charge in [-0.3, -0.25) is 4.79 Å². The van der Waals surface area contributed by atoms with Gasteiger partial charge in [0.1, 0.15) is 5.75 Å². The third-order valence-electron chi connectivity index (χ3n) is 2.15. The van der Waals surface area contributed by atoms with Crippen molar-refractivity contribution in [1.82, 2.24) is 0 Å². The van der Waals surface area contributed by atoms with Gasteiger partial charge < -0.3 is 20.5 Å². The Balaban J connectivity index is 3.06. The van der Waals surface area contributed by atoms with Crippen molar-refractivity contribution >= 4 is 11.6 Å². The van der Waals surface area contributed by atoms with Crippen LogP contribution in [-0.4, -0.2) is 26.2 Å². The van der Waals surface area contributed by atoms with Crippen LogP contribution in [0.1, 0.15) is 6.92 Å². The van der Waals surface area contributed by atoms with Gasteiger partial charge in [-0.15, -0.1) is 0 Å². The molecule has 0 bridgehead atoms. The third-order valence-corrected chi connectivity index (χ3v) is 2.15. The van der Waals surface area contributed by atoms with Crippen LogP contribution in [0, 0.1) is 5.82 Å². The van der Waals surface area contributed by atoms with Gasteiger partial charge in [0.25, 0.3) is 0 Å². The number of carbonyl (C=O) groups is 1. The molecule has 17 heavy (non-hydrogen) atoms. The molecule has 0 saturated heterocycles. The van der Waals surface area contributed by atoms with Gasteiger partial charge in [0.15, 0.2) is 11.6 Å². The Hall–Kier alpha value is -1.82. The van der Waals surface area contributed by atoms with E-state index in [1.54, 1.807) is 0 Å². The van der Waals surface area contributed by atoms with Crippen LogP contribution in [0.25, 0.3) is 0 Å². The maximum absolute atomic E-state index is 13.5. The molecule has 0 aliphatic carbocycles. The van der Waals surface area contributed by atoms with E-state index in [2.05, 4.69) is 5.32 Å². The molecule has 1 unspecified atom stereocenters. The van der Waals surface area contributed by atoms with E-state index in [4.69, 9.17) is 15.2 Å². The summed E-state index contributed by atoms with van der Waals surface area (Å²) in [6.07, 6.45) is 0. The average molecular weight is 242 g/mol. The maximum Gasteiger partial charge on any atom is 0.241 e. The highest BCUT2D eigenvalue weighted by Gasteiger charge is 2.15. The van der Waals surface area contributed by atoms with Crippen LogP contribution in [0.15, 0.2) is 12.1 Å². The van der Waals surface area contributed by atoms with Crippen LogP contribution in [0.4, 0.5) is 10.1 Å². The molecule has 1 aromatic carbocycles. The van der Waals surface area contributed by atoms with E-state index >= 15 is 0 Å². The van der Waals surface area contributed by atoms with E-state index < -0.39 is 17.8 Å². The van der Waals surface area contributed by atoms with Crippen molar-refractivity contribution in [2.45, 2.75) is 13.0 Å². The van der Waals surface area contributed by atoms with Crippen molar-refractivity contribution in [3.8, 4) is 11.5 Å². The summed E-state index contributed by atoms with van der Waals surface area (Å²) in [5.41, 5.74) is 5.61. The van der Waals surface area contributed by atoms with E-state index in [-0.39, 0.29) is 11.4 Å². The number of hydrogen-bond acceptors (Lipinski definition) is 4. The lowest BCUT2D eigenvalue weighted by Gasteiger charge is -2.13. The summed E-state index contributed by atoms with van der Waals surface area (Å²) in [5.74, 6) is -0.668. The van der Waals surface area contributed by atoms with Gasteiger partial charge >= 0.3 is 0 Å². The fourth-order valence-corrected chi connectivity index (χ4v) is 1.20. The Morgan fingerprint density at radius 2 is 1.94 bits per heavy atom. The number of benzene rings is 1. The SMILES string of the molecule is COc1cc(OC)c(NC(=O)C(C)N)cc1F. The molecule has 94 valence electrons. The van der Waals surface area contributed by atoms with Gasteiger partial charge in [-0.25, -0.2) is 4.39 Å². The van der Waals surface area contributed by atoms with E-state index in [9.17, 15) is 9.18 Å². The first kappa shape index (κ1) is 13.2. The fraction of sp³-hybridized carbons (Fsp3) is 0.364. The lowest BCUT2D eigenvalue weighted by molar-refractivity contribution is -0.117. The molecule has 6 heteroatoms. The fourth-order valence-electron chi connectivity index (χ4n) is 1.20. The van der Waals surface area contributed by atoms with Gasteiger partial charge in [-0.05, 0) is 6.92 Å². The molecule has 0 aliphatic rings. The zero-order valence-corrected chi connectivity index (χ0v) is 9.91. The van der Waals surface area contributed by atoms with Crippen LogP contribution in [0.5, 0.6) is 11.5 Å². The summed E-state index contributed by atoms with van der Waals surface area (Å²) in [6.45, 7) is 1.53. The lowest BCUT2D eigenvalue weighted by atomic mass is 10.2. The number of anilines is 1. The summed E-state index contributed by atoms with van der Waals surface area (Å²) in [7, 11) is 2.76. The number of rotatable bonds is 4. The Bertz CT molecular complexity index is 421. The van der Waals surface area contributed by atoms with Gasteiger partial charge in [-0.1, -0.05) is 0 Å². The predicted octanol–water partition coefficient (Wildman–Crippen LogP) is 1.13. The molecule has 1 atom stereocenters. The topological polar surface area (TPSA) is 73.6 Å². The summed E-state index contributed by atoms with van der Waals surface area (Å²) in [6, 6.07) is 1.79.